The predicted molar refractivity (Wildman–Crippen MR) is 87.0 cm³/mol. The van der Waals surface area contributed by atoms with Gasteiger partial charge in [0.05, 0.1) is 17.6 Å². The highest BCUT2D eigenvalue weighted by Crippen LogP contribution is 2.29. The molecule has 1 aliphatic heterocycles. The van der Waals surface area contributed by atoms with E-state index in [2.05, 4.69) is 0 Å². The summed E-state index contributed by atoms with van der Waals surface area (Å²) in [5.41, 5.74) is 0.0567. The van der Waals surface area contributed by atoms with E-state index >= 15 is 0 Å². The van der Waals surface area contributed by atoms with E-state index in [0.717, 1.165) is 6.26 Å². The van der Waals surface area contributed by atoms with Crippen molar-refractivity contribution >= 4 is 21.7 Å². The van der Waals surface area contributed by atoms with Crippen molar-refractivity contribution in [1.82, 2.24) is 4.90 Å². The minimum absolute atomic E-state index is 0.0103. The van der Waals surface area contributed by atoms with E-state index in [1.54, 1.807) is 0 Å². The lowest BCUT2D eigenvalue weighted by Crippen LogP contribution is -2.49. The van der Waals surface area contributed by atoms with Crippen molar-refractivity contribution in [2.45, 2.75) is 30.7 Å². The predicted octanol–water partition coefficient (Wildman–Crippen LogP) is 1.42. The van der Waals surface area contributed by atoms with Crippen LogP contribution in [0, 0.1) is 5.92 Å². The normalized spacial score (nSPS) is 21.4. The minimum Gasteiger partial charge on any atom is -0.496 e. The highest BCUT2D eigenvalue weighted by Gasteiger charge is 2.36. The van der Waals surface area contributed by atoms with Crippen LogP contribution >= 0.6 is 0 Å². The van der Waals surface area contributed by atoms with E-state index in [9.17, 15) is 23.1 Å². The third-order valence-electron chi connectivity index (χ3n) is 4.24. The molecule has 1 aliphatic rings. The highest BCUT2D eigenvalue weighted by molar-refractivity contribution is 7.90. The van der Waals surface area contributed by atoms with Gasteiger partial charge in [-0.25, -0.2) is 13.2 Å². The molecule has 1 aromatic carbocycles. The van der Waals surface area contributed by atoms with Crippen LogP contribution in [-0.2, 0) is 14.6 Å². The molecule has 1 heterocycles. The van der Waals surface area contributed by atoms with E-state index in [4.69, 9.17) is 4.74 Å². The number of benzene rings is 1. The summed E-state index contributed by atoms with van der Waals surface area (Å²) < 4.78 is 28.6. The Labute approximate surface area is 141 Å². The van der Waals surface area contributed by atoms with Gasteiger partial charge in [-0.2, -0.15) is 0 Å². The largest absolute Gasteiger partial charge is 0.496 e. The average molecular weight is 355 g/mol. The van der Waals surface area contributed by atoms with Gasteiger partial charge in [0.15, 0.2) is 9.84 Å². The van der Waals surface area contributed by atoms with Gasteiger partial charge in [-0.1, -0.05) is 6.92 Å². The molecule has 0 aromatic heterocycles. The summed E-state index contributed by atoms with van der Waals surface area (Å²) in [4.78, 5) is 25.6. The van der Waals surface area contributed by atoms with Crippen molar-refractivity contribution < 1.29 is 27.9 Å². The maximum absolute atomic E-state index is 12.9. The third kappa shape index (κ3) is 3.69. The summed E-state index contributed by atoms with van der Waals surface area (Å²) in [6.07, 6.45) is 2.12. The molecule has 0 radical (unpaired) electrons. The zero-order chi connectivity index (χ0) is 18.1. The first-order valence-corrected chi connectivity index (χ1v) is 9.46. The second-order valence-corrected chi connectivity index (χ2v) is 8.13. The number of ether oxygens (including phenoxy) is 1. The van der Waals surface area contributed by atoms with Crippen LogP contribution in [0.2, 0.25) is 0 Å². The summed E-state index contributed by atoms with van der Waals surface area (Å²) >= 11 is 0. The molecule has 8 heteroatoms. The second-order valence-electron chi connectivity index (χ2n) is 6.12. The summed E-state index contributed by atoms with van der Waals surface area (Å²) in [7, 11) is -2.12. The molecule has 1 aromatic rings. The number of carboxylic acid groups (broad SMARTS) is 1. The number of sulfone groups is 1. The molecule has 7 nitrogen and oxygen atoms in total. The first-order valence-electron chi connectivity index (χ1n) is 7.57. The van der Waals surface area contributed by atoms with Crippen molar-refractivity contribution in [3.05, 3.63) is 23.8 Å². The van der Waals surface area contributed by atoms with Crippen LogP contribution in [0.15, 0.2) is 23.1 Å². The Morgan fingerprint density at radius 1 is 1.33 bits per heavy atom. The number of likely N-dealkylation sites (tertiary alicyclic amines) is 1. The first kappa shape index (κ1) is 18.3. The fourth-order valence-corrected chi connectivity index (χ4v) is 3.51. The summed E-state index contributed by atoms with van der Waals surface area (Å²) in [6.45, 7) is 2.26. The van der Waals surface area contributed by atoms with Gasteiger partial charge >= 0.3 is 5.97 Å². The molecule has 0 spiro atoms. The molecule has 1 fully saturated rings. The number of methoxy groups -OCH3 is 1. The Kier molecular flexibility index (Phi) is 5.17. The van der Waals surface area contributed by atoms with E-state index in [1.165, 1.54) is 30.2 Å². The Hall–Kier alpha value is -2.09. The van der Waals surface area contributed by atoms with Crippen LogP contribution in [0.5, 0.6) is 5.75 Å². The quantitative estimate of drug-likeness (QED) is 0.877. The van der Waals surface area contributed by atoms with Crippen LogP contribution in [0.1, 0.15) is 30.1 Å². The molecular formula is C16H21NO6S. The lowest BCUT2D eigenvalue weighted by atomic mass is 9.92. The Bertz CT molecular complexity index is 758. The molecule has 1 amide bonds. The highest BCUT2D eigenvalue weighted by atomic mass is 32.2. The molecule has 2 rings (SSSR count). The van der Waals surface area contributed by atoms with Gasteiger partial charge < -0.3 is 14.7 Å². The number of aliphatic carboxylic acids is 1. The number of nitrogens with zero attached hydrogens (tertiary/aromatic N) is 1. The number of carbonyl (C=O) groups is 2. The van der Waals surface area contributed by atoms with Crippen LogP contribution < -0.4 is 4.74 Å². The number of carbonyl (C=O) groups excluding carboxylic acids is 1. The maximum atomic E-state index is 12.9. The third-order valence-corrected chi connectivity index (χ3v) is 5.35. The molecular weight excluding hydrogens is 334 g/mol. The van der Waals surface area contributed by atoms with Gasteiger partial charge in [0.1, 0.15) is 11.8 Å². The smallest absolute Gasteiger partial charge is 0.326 e. The standard InChI is InChI=1S/C16H21NO6S/c1-10-6-7-17(13(8-10)16(19)20)15(18)12-9-11(24(3,21)22)4-5-14(12)23-2/h4-5,9-10,13H,6-8H2,1-3H3,(H,19,20). The lowest BCUT2D eigenvalue weighted by molar-refractivity contribution is -0.144. The van der Waals surface area contributed by atoms with Gasteiger partial charge in [-0.3, -0.25) is 4.79 Å². The number of rotatable bonds is 4. The molecule has 1 N–H and O–H groups in total. The van der Waals surface area contributed by atoms with Crippen LogP contribution in [0.25, 0.3) is 0 Å². The molecule has 0 aliphatic carbocycles. The molecule has 24 heavy (non-hydrogen) atoms. The van der Waals surface area contributed by atoms with Gasteiger partial charge in [0, 0.05) is 12.8 Å². The molecule has 132 valence electrons. The SMILES string of the molecule is COc1ccc(S(C)(=O)=O)cc1C(=O)N1CCC(C)CC1C(=O)O. The number of hydrogen-bond donors (Lipinski definition) is 1. The van der Waals surface area contributed by atoms with Crippen LogP contribution in [0.3, 0.4) is 0 Å². The number of carboxylic acids is 1. The summed E-state index contributed by atoms with van der Waals surface area (Å²) in [5.74, 6) is -1.17. The molecule has 0 saturated carbocycles. The van der Waals surface area contributed by atoms with E-state index in [0.29, 0.717) is 19.4 Å². The number of hydrogen-bond acceptors (Lipinski definition) is 5. The molecule has 0 bridgehead atoms. The molecule has 2 atom stereocenters. The first-order chi connectivity index (χ1) is 11.1. The minimum atomic E-state index is -3.50. The van der Waals surface area contributed by atoms with Crippen molar-refractivity contribution in [2.24, 2.45) is 5.92 Å². The number of piperidine rings is 1. The second kappa shape index (κ2) is 6.80. The lowest BCUT2D eigenvalue weighted by Gasteiger charge is -2.36. The fraction of sp³-hybridized carbons (Fsp3) is 0.500. The van der Waals surface area contributed by atoms with Gasteiger partial charge in [-0.15, -0.1) is 0 Å². The monoisotopic (exact) mass is 355 g/mol. The Morgan fingerprint density at radius 3 is 2.54 bits per heavy atom. The van der Waals surface area contributed by atoms with Crippen molar-refractivity contribution in [3.8, 4) is 5.75 Å². The molecule has 2 unspecified atom stereocenters. The zero-order valence-corrected chi connectivity index (χ0v) is 14.7. The number of amides is 1. The van der Waals surface area contributed by atoms with Gasteiger partial charge in [0.2, 0.25) is 0 Å². The van der Waals surface area contributed by atoms with Crippen LogP contribution in [-0.4, -0.2) is 56.3 Å². The average Bonchev–Trinajstić information content (AvgIpc) is 2.52. The fourth-order valence-electron chi connectivity index (χ4n) is 2.86. The zero-order valence-electron chi connectivity index (χ0n) is 13.9. The maximum Gasteiger partial charge on any atom is 0.326 e. The summed E-state index contributed by atoms with van der Waals surface area (Å²) in [6, 6.07) is 3.09. The van der Waals surface area contributed by atoms with Crippen molar-refractivity contribution in [1.29, 1.82) is 0 Å². The molecule has 1 saturated heterocycles. The van der Waals surface area contributed by atoms with Gasteiger partial charge in [-0.05, 0) is 37.0 Å². The van der Waals surface area contributed by atoms with E-state index in [1.807, 2.05) is 6.92 Å². The Morgan fingerprint density at radius 2 is 2.00 bits per heavy atom. The van der Waals surface area contributed by atoms with Crippen molar-refractivity contribution in [2.75, 3.05) is 19.9 Å². The Balaban J connectivity index is 2.45. The van der Waals surface area contributed by atoms with Crippen LogP contribution in [0.4, 0.5) is 0 Å². The summed E-state index contributed by atoms with van der Waals surface area (Å²) in [5, 5.41) is 9.41. The van der Waals surface area contributed by atoms with E-state index in [-0.39, 0.29) is 22.1 Å². The van der Waals surface area contributed by atoms with Gasteiger partial charge in [0.25, 0.3) is 5.91 Å². The van der Waals surface area contributed by atoms with E-state index < -0.39 is 27.8 Å². The topological polar surface area (TPSA) is 101 Å². The van der Waals surface area contributed by atoms with Crippen molar-refractivity contribution in [3.63, 3.8) is 0 Å².